The Balaban J connectivity index is 1.52. The Hall–Kier alpha value is -0.780. The van der Waals surface area contributed by atoms with E-state index in [2.05, 4.69) is 30.3 Å². The molecule has 0 saturated heterocycles. The predicted molar refractivity (Wildman–Crippen MR) is 72.9 cm³/mol. The third kappa shape index (κ3) is 2.91. The first-order valence-electron chi connectivity index (χ1n) is 7.44. The van der Waals surface area contributed by atoms with Gasteiger partial charge in [-0.15, -0.1) is 0 Å². The normalized spacial score (nSPS) is 32.4. The number of hydrogen-bond donors (Lipinski definition) is 0. The van der Waals surface area contributed by atoms with E-state index in [1.807, 2.05) is 0 Å². The van der Waals surface area contributed by atoms with Crippen LogP contribution in [0.25, 0.3) is 0 Å². The average molecular weight is 228 g/mol. The maximum Gasteiger partial charge on any atom is -0.0276 e. The minimum Gasteiger partial charge on any atom is -0.0622 e. The molecule has 2 bridgehead atoms. The Morgan fingerprint density at radius 2 is 1.59 bits per heavy atom. The second kappa shape index (κ2) is 5.25. The molecule has 2 fully saturated rings. The molecule has 0 aliphatic heterocycles. The third-order valence-corrected chi connectivity index (χ3v) is 4.91. The highest BCUT2D eigenvalue weighted by Crippen LogP contribution is 2.43. The zero-order valence-electron chi connectivity index (χ0n) is 10.8. The van der Waals surface area contributed by atoms with Gasteiger partial charge in [0.1, 0.15) is 0 Å². The highest BCUT2D eigenvalue weighted by Gasteiger charge is 2.31. The number of fused-ring (bicyclic) bond motifs is 2. The summed E-state index contributed by atoms with van der Waals surface area (Å²) in [6.07, 6.45) is 11.9. The summed E-state index contributed by atoms with van der Waals surface area (Å²) in [5.41, 5.74) is 1.53. The standard InChI is InChI=1S/C17H24/c1-2-5-14(6-3-1)9-10-17-12-15-7-4-8-16(11-15)13-17/h1-3,5-6,15-17H,4,7-13H2. The molecule has 0 spiro atoms. The van der Waals surface area contributed by atoms with Crippen LogP contribution in [0.1, 0.15) is 50.5 Å². The molecule has 0 heterocycles. The van der Waals surface area contributed by atoms with Crippen molar-refractivity contribution >= 4 is 0 Å². The Morgan fingerprint density at radius 1 is 0.882 bits per heavy atom. The van der Waals surface area contributed by atoms with Crippen LogP contribution in [0.4, 0.5) is 0 Å². The predicted octanol–water partition coefficient (Wildman–Crippen LogP) is 4.84. The highest BCUT2D eigenvalue weighted by molar-refractivity contribution is 5.14. The molecule has 2 aliphatic rings. The van der Waals surface area contributed by atoms with Gasteiger partial charge in [-0.25, -0.2) is 0 Å². The van der Waals surface area contributed by atoms with Crippen molar-refractivity contribution in [3.63, 3.8) is 0 Å². The third-order valence-electron chi connectivity index (χ3n) is 4.91. The van der Waals surface area contributed by atoms with Gasteiger partial charge in [0.25, 0.3) is 0 Å². The molecule has 3 rings (SSSR count). The van der Waals surface area contributed by atoms with Gasteiger partial charge in [-0.2, -0.15) is 0 Å². The summed E-state index contributed by atoms with van der Waals surface area (Å²) < 4.78 is 0. The van der Waals surface area contributed by atoms with Crippen molar-refractivity contribution in [2.45, 2.75) is 51.4 Å². The van der Waals surface area contributed by atoms with E-state index in [4.69, 9.17) is 0 Å². The molecule has 2 saturated carbocycles. The number of rotatable bonds is 3. The smallest absolute Gasteiger partial charge is 0.0276 e. The van der Waals surface area contributed by atoms with Crippen LogP contribution in [0.3, 0.4) is 0 Å². The van der Waals surface area contributed by atoms with Gasteiger partial charge in [0, 0.05) is 0 Å². The lowest BCUT2D eigenvalue weighted by molar-refractivity contribution is 0.132. The number of benzene rings is 1. The summed E-state index contributed by atoms with van der Waals surface area (Å²) >= 11 is 0. The number of aryl methyl sites for hydroxylation is 1. The molecule has 0 amide bonds. The van der Waals surface area contributed by atoms with Crippen LogP contribution in [0, 0.1) is 17.8 Å². The van der Waals surface area contributed by atoms with Crippen molar-refractivity contribution in [2.24, 2.45) is 17.8 Å². The summed E-state index contributed by atoms with van der Waals surface area (Å²) in [5, 5.41) is 0. The lowest BCUT2D eigenvalue weighted by Crippen LogP contribution is -2.27. The topological polar surface area (TPSA) is 0 Å². The first-order valence-corrected chi connectivity index (χ1v) is 7.44. The van der Waals surface area contributed by atoms with Gasteiger partial charge >= 0.3 is 0 Å². The van der Waals surface area contributed by atoms with Crippen molar-refractivity contribution < 1.29 is 0 Å². The van der Waals surface area contributed by atoms with Crippen LogP contribution in [0.5, 0.6) is 0 Å². The van der Waals surface area contributed by atoms with Crippen LogP contribution in [0.2, 0.25) is 0 Å². The fourth-order valence-corrected chi connectivity index (χ4v) is 4.12. The zero-order valence-corrected chi connectivity index (χ0v) is 10.8. The molecular weight excluding hydrogens is 204 g/mol. The van der Waals surface area contributed by atoms with Gasteiger partial charge < -0.3 is 0 Å². The first-order chi connectivity index (χ1) is 8.40. The molecule has 0 nitrogen and oxygen atoms in total. The van der Waals surface area contributed by atoms with Gasteiger partial charge in [-0.1, -0.05) is 49.6 Å². The van der Waals surface area contributed by atoms with Crippen molar-refractivity contribution in [2.75, 3.05) is 0 Å². The van der Waals surface area contributed by atoms with Gasteiger partial charge in [0.2, 0.25) is 0 Å². The molecule has 0 N–H and O–H groups in total. The Morgan fingerprint density at radius 3 is 2.29 bits per heavy atom. The Labute approximate surface area is 105 Å². The van der Waals surface area contributed by atoms with E-state index in [1.165, 1.54) is 50.5 Å². The van der Waals surface area contributed by atoms with Crippen molar-refractivity contribution in [1.29, 1.82) is 0 Å². The van der Waals surface area contributed by atoms with E-state index >= 15 is 0 Å². The van der Waals surface area contributed by atoms with Crippen LogP contribution in [-0.4, -0.2) is 0 Å². The average Bonchev–Trinajstić information content (AvgIpc) is 2.37. The molecule has 0 heteroatoms. The van der Waals surface area contributed by atoms with E-state index in [9.17, 15) is 0 Å². The van der Waals surface area contributed by atoms with Crippen molar-refractivity contribution in [3.8, 4) is 0 Å². The van der Waals surface area contributed by atoms with Gasteiger partial charge in [0.05, 0.1) is 0 Å². The summed E-state index contributed by atoms with van der Waals surface area (Å²) in [6.45, 7) is 0. The van der Waals surface area contributed by atoms with Gasteiger partial charge in [0.15, 0.2) is 0 Å². The van der Waals surface area contributed by atoms with E-state index in [-0.39, 0.29) is 0 Å². The molecule has 2 atom stereocenters. The quantitative estimate of drug-likeness (QED) is 0.694. The fourth-order valence-electron chi connectivity index (χ4n) is 4.12. The molecular formula is C17H24. The van der Waals surface area contributed by atoms with Crippen LogP contribution >= 0.6 is 0 Å². The minimum absolute atomic E-state index is 1.03. The molecule has 17 heavy (non-hydrogen) atoms. The van der Waals surface area contributed by atoms with Crippen LogP contribution in [-0.2, 0) is 6.42 Å². The molecule has 92 valence electrons. The molecule has 1 aromatic rings. The van der Waals surface area contributed by atoms with E-state index in [0.29, 0.717) is 0 Å². The lowest BCUT2D eigenvalue weighted by Gasteiger charge is -2.39. The van der Waals surface area contributed by atoms with Crippen molar-refractivity contribution in [3.05, 3.63) is 35.9 Å². The number of hydrogen-bond acceptors (Lipinski definition) is 0. The summed E-state index contributed by atoms with van der Waals surface area (Å²) in [5.74, 6) is 3.20. The van der Waals surface area contributed by atoms with E-state index in [1.54, 1.807) is 6.42 Å². The largest absolute Gasteiger partial charge is 0.0622 e. The van der Waals surface area contributed by atoms with Gasteiger partial charge in [-0.3, -0.25) is 0 Å². The molecule has 0 aromatic heterocycles. The fraction of sp³-hybridized carbons (Fsp3) is 0.647. The molecule has 0 radical (unpaired) electrons. The second-order valence-electron chi connectivity index (χ2n) is 6.26. The minimum atomic E-state index is 1.03. The SMILES string of the molecule is c1ccc(CCC2CC3CCCC(C3)C2)cc1. The zero-order chi connectivity index (χ0) is 11.5. The maximum absolute atomic E-state index is 2.28. The Bertz CT molecular complexity index is 328. The van der Waals surface area contributed by atoms with Crippen LogP contribution < -0.4 is 0 Å². The summed E-state index contributed by atoms with van der Waals surface area (Å²) in [6, 6.07) is 11.0. The highest BCUT2D eigenvalue weighted by atomic mass is 14.4. The summed E-state index contributed by atoms with van der Waals surface area (Å²) in [4.78, 5) is 0. The second-order valence-corrected chi connectivity index (χ2v) is 6.26. The monoisotopic (exact) mass is 228 g/mol. The van der Waals surface area contributed by atoms with Crippen molar-refractivity contribution in [1.82, 2.24) is 0 Å². The summed E-state index contributed by atoms with van der Waals surface area (Å²) in [7, 11) is 0. The van der Waals surface area contributed by atoms with E-state index in [0.717, 1.165) is 17.8 Å². The van der Waals surface area contributed by atoms with E-state index < -0.39 is 0 Å². The van der Waals surface area contributed by atoms with Gasteiger partial charge in [-0.05, 0) is 55.4 Å². The lowest BCUT2D eigenvalue weighted by atomic mass is 9.67. The first kappa shape index (κ1) is 11.3. The van der Waals surface area contributed by atoms with Crippen LogP contribution in [0.15, 0.2) is 30.3 Å². The molecule has 2 unspecified atom stereocenters. The molecule has 1 aromatic carbocycles. The Kier molecular flexibility index (Phi) is 3.49. The maximum atomic E-state index is 2.28. The molecule has 2 aliphatic carbocycles.